The average Bonchev–Trinajstić information content (AvgIpc) is 2.52. The number of ether oxygens (including phenoxy) is 1. The van der Waals surface area contributed by atoms with E-state index >= 15 is 0 Å². The molecule has 2 amide bonds. The Morgan fingerprint density at radius 2 is 2.13 bits per heavy atom. The summed E-state index contributed by atoms with van der Waals surface area (Å²) in [4.78, 5) is 27.8. The van der Waals surface area contributed by atoms with Gasteiger partial charge in [-0.2, -0.15) is 0 Å². The quantitative estimate of drug-likeness (QED) is 0.845. The van der Waals surface area contributed by atoms with E-state index in [9.17, 15) is 9.59 Å². The maximum Gasteiger partial charge on any atom is 0.237 e. The summed E-state index contributed by atoms with van der Waals surface area (Å²) in [6.45, 7) is 4.46. The summed E-state index contributed by atoms with van der Waals surface area (Å²) in [5.74, 6) is 0.703. The van der Waals surface area contributed by atoms with Gasteiger partial charge < -0.3 is 15.0 Å². The molecule has 23 heavy (non-hydrogen) atoms. The van der Waals surface area contributed by atoms with Crippen molar-refractivity contribution in [1.29, 1.82) is 0 Å². The third kappa shape index (κ3) is 4.45. The van der Waals surface area contributed by atoms with Crippen molar-refractivity contribution in [1.82, 2.24) is 15.1 Å². The van der Waals surface area contributed by atoms with Crippen molar-refractivity contribution in [2.45, 2.75) is 25.9 Å². The van der Waals surface area contributed by atoms with E-state index in [-0.39, 0.29) is 18.2 Å². The van der Waals surface area contributed by atoms with E-state index < -0.39 is 6.04 Å². The van der Waals surface area contributed by atoms with Crippen molar-refractivity contribution in [2.24, 2.45) is 0 Å². The normalized spacial score (nSPS) is 18.4. The number of carbonyl (C=O) groups excluding carboxylic acids is 2. The monoisotopic (exact) mass is 319 g/mol. The molecule has 0 radical (unpaired) electrons. The van der Waals surface area contributed by atoms with Crippen LogP contribution in [0.1, 0.15) is 18.9 Å². The molecule has 2 rings (SSSR count). The van der Waals surface area contributed by atoms with Gasteiger partial charge in [-0.25, -0.2) is 0 Å². The minimum Gasteiger partial charge on any atom is -0.494 e. The molecule has 0 aliphatic carbocycles. The molecule has 1 saturated heterocycles. The lowest BCUT2D eigenvalue weighted by Gasteiger charge is -2.35. The minimum absolute atomic E-state index is 0.0462. The SMILES string of the molecule is CCOc1ccccc1CN1CCNC(=O)C1CC(=O)N(C)C. The van der Waals surface area contributed by atoms with Crippen LogP contribution in [0.3, 0.4) is 0 Å². The fraction of sp³-hybridized carbons (Fsp3) is 0.529. The van der Waals surface area contributed by atoms with E-state index in [0.29, 0.717) is 19.7 Å². The van der Waals surface area contributed by atoms with E-state index in [0.717, 1.165) is 17.9 Å². The molecule has 1 aromatic carbocycles. The van der Waals surface area contributed by atoms with Crippen molar-refractivity contribution >= 4 is 11.8 Å². The average molecular weight is 319 g/mol. The first kappa shape index (κ1) is 17.3. The molecular weight excluding hydrogens is 294 g/mol. The van der Waals surface area contributed by atoms with Crippen molar-refractivity contribution in [3.05, 3.63) is 29.8 Å². The van der Waals surface area contributed by atoms with Gasteiger partial charge in [-0.05, 0) is 13.0 Å². The summed E-state index contributed by atoms with van der Waals surface area (Å²) in [7, 11) is 3.41. The number of hydrogen-bond acceptors (Lipinski definition) is 4. The summed E-state index contributed by atoms with van der Waals surface area (Å²) < 4.78 is 5.66. The zero-order valence-corrected chi connectivity index (χ0v) is 14.0. The molecule has 1 N–H and O–H groups in total. The molecule has 1 aliphatic heterocycles. The fourth-order valence-corrected chi connectivity index (χ4v) is 2.67. The van der Waals surface area contributed by atoms with Crippen LogP contribution in [0, 0.1) is 0 Å². The lowest BCUT2D eigenvalue weighted by Crippen LogP contribution is -2.56. The highest BCUT2D eigenvalue weighted by Crippen LogP contribution is 2.22. The van der Waals surface area contributed by atoms with Gasteiger partial charge in [-0.3, -0.25) is 14.5 Å². The van der Waals surface area contributed by atoms with Crippen molar-refractivity contribution in [3.8, 4) is 5.75 Å². The zero-order chi connectivity index (χ0) is 16.8. The number of piperazine rings is 1. The van der Waals surface area contributed by atoms with Crippen LogP contribution in [0.15, 0.2) is 24.3 Å². The molecule has 1 atom stereocenters. The van der Waals surface area contributed by atoms with Gasteiger partial charge in [-0.1, -0.05) is 18.2 Å². The molecule has 0 aromatic heterocycles. The van der Waals surface area contributed by atoms with Crippen LogP contribution in [-0.2, 0) is 16.1 Å². The first-order chi connectivity index (χ1) is 11.0. The molecule has 1 fully saturated rings. The molecule has 126 valence electrons. The molecule has 1 unspecified atom stereocenters. The molecule has 0 spiro atoms. The van der Waals surface area contributed by atoms with Crippen LogP contribution < -0.4 is 10.1 Å². The maximum absolute atomic E-state index is 12.2. The third-order valence-electron chi connectivity index (χ3n) is 3.95. The van der Waals surface area contributed by atoms with Crippen molar-refractivity contribution in [2.75, 3.05) is 33.8 Å². The van der Waals surface area contributed by atoms with Gasteiger partial charge in [-0.15, -0.1) is 0 Å². The van der Waals surface area contributed by atoms with E-state index in [4.69, 9.17) is 4.74 Å². The molecule has 0 bridgehead atoms. The molecular formula is C17H25N3O3. The van der Waals surface area contributed by atoms with Crippen molar-refractivity contribution in [3.63, 3.8) is 0 Å². The van der Waals surface area contributed by atoms with E-state index in [1.54, 1.807) is 14.1 Å². The number of amides is 2. The molecule has 0 saturated carbocycles. The Bertz CT molecular complexity index is 560. The van der Waals surface area contributed by atoms with E-state index in [1.807, 2.05) is 31.2 Å². The van der Waals surface area contributed by atoms with Gasteiger partial charge in [0.1, 0.15) is 5.75 Å². The second-order valence-corrected chi connectivity index (χ2v) is 5.81. The van der Waals surface area contributed by atoms with Crippen LogP contribution in [0.25, 0.3) is 0 Å². The molecule has 6 nitrogen and oxygen atoms in total. The predicted molar refractivity (Wildman–Crippen MR) is 88.1 cm³/mol. The Hall–Kier alpha value is -2.08. The predicted octanol–water partition coefficient (Wildman–Crippen LogP) is 0.864. The highest BCUT2D eigenvalue weighted by Gasteiger charge is 2.32. The highest BCUT2D eigenvalue weighted by atomic mass is 16.5. The second kappa shape index (κ2) is 7.97. The van der Waals surface area contributed by atoms with Crippen LogP contribution in [0.5, 0.6) is 5.75 Å². The largest absolute Gasteiger partial charge is 0.494 e. The number of para-hydroxylation sites is 1. The number of benzene rings is 1. The molecule has 1 heterocycles. The van der Waals surface area contributed by atoms with Crippen molar-refractivity contribution < 1.29 is 14.3 Å². The van der Waals surface area contributed by atoms with Gasteiger partial charge in [0.15, 0.2) is 0 Å². The summed E-state index contributed by atoms with van der Waals surface area (Å²) >= 11 is 0. The Kier molecular flexibility index (Phi) is 5.98. The first-order valence-electron chi connectivity index (χ1n) is 7.95. The fourth-order valence-electron chi connectivity index (χ4n) is 2.67. The van der Waals surface area contributed by atoms with Gasteiger partial charge in [0.05, 0.1) is 19.1 Å². The lowest BCUT2D eigenvalue weighted by molar-refractivity contribution is -0.137. The van der Waals surface area contributed by atoms with E-state index in [2.05, 4.69) is 10.2 Å². The standard InChI is InChI=1S/C17H25N3O3/c1-4-23-15-8-6-5-7-13(15)12-20-10-9-18-17(22)14(20)11-16(21)19(2)3/h5-8,14H,4,9-12H2,1-3H3,(H,18,22). The van der Waals surface area contributed by atoms with Crippen LogP contribution in [0.4, 0.5) is 0 Å². The number of nitrogens with zero attached hydrogens (tertiary/aromatic N) is 2. The number of hydrogen-bond donors (Lipinski definition) is 1. The van der Waals surface area contributed by atoms with Gasteiger partial charge in [0.2, 0.25) is 11.8 Å². The summed E-state index contributed by atoms with van der Waals surface area (Å²) in [5.41, 5.74) is 1.03. The Labute approximate surface area is 137 Å². The van der Waals surface area contributed by atoms with Crippen LogP contribution in [0.2, 0.25) is 0 Å². The Balaban J connectivity index is 2.15. The van der Waals surface area contributed by atoms with Crippen LogP contribution >= 0.6 is 0 Å². The maximum atomic E-state index is 12.2. The van der Waals surface area contributed by atoms with Gasteiger partial charge in [0.25, 0.3) is 0 Å². The molecule has 6 heteroatoms. The zero-order valence-electron chi connectivity index (χ0n) is 14.0. The minimum atomic E-state index is -0.437. The number of rotatable bonds is 6. The topological polar surface area (TPSA) is 61.9 Å². The summed E-state index contributed by atoms with van der Waals surface area (Å²) in [6, 6.07) is 7.39. The number of carbonyl (C=O) groups is 2. The Morgan fingerprint density at radius 3 is 2.83 bits per heavy atom. The Morgan fingerprint density at radius 1 is 1.39 bits per heavy atom. The summed E-state index contributed by atoms with van der Waals surface area (Å²) in [6.07, 6.45) is 0.190. The molecule has 1 aromatic rings. The van der Waals surface area contributed by atoms with Gasteiger partial charge >= 0.3 is 0 Å². The first-order valence-corrected chi connectivity index (χ1v) is 7.95. The van der Waals surface area contributed by atoms with Gasteiger partial charge in [0, 0.05) is 39.3 Å². The number of nitrogens with one attached hydrogen (secondary N) is 1. The smallest absolute Gasteiger partial charge is 0.237 e. The highest BCUT2D eigenvalue weighted by molar-refractivity contribution is 5.88. The van der Waals surface area contributed by atoms with E-state index in [1.165, 1.54) is 4.90 Å². The molecule has 1 aliphatic rings. The van der Waals surface area contributed by atoms with Crippen LogP contribution in [-0.4, -0.2) is 61.4 Å². The summed E-state index contributed by atoms with van der Waals surface area (Å²) in [5, 5.41) is 2.85. The lowest BCUT2D eigenvalue weighted by atomic mass is 10.1. The third-order valence-corrected chi connectivity index (χ3v) is 3.95. The second-order valence-electron chi connectivity index (χ2n) is 5.81.